The van der Waals surface area contributed by atoms with Gasteiger partial charge in [-0.1, -0.05) is 11.6 Å². The summed E-state index contributed by atoms with van der Waals surface area (Å²) in [7, 11) is -0.824. The Morgan fingerprint density at radius 2 is 2.05 bits per heavy atom. The van der Waals surface area contributed by atoms with E-state index >= 15 is 0 Å². The molecule has 2 N–H and O–H groups in total. The summed E-state index contributed by atoms with van der Waals surface area (Å²) in [4.78, 5) is 3.99. The summed E-state index contributed by atoms with van der Waals surface area (Å²) < 4.78 is 26.9. The summed E-state index contributed by atoms with van der Waals surface area (Å²) in [6.07, 6.45) is 4.22. The van der Waals surface area contributed by atoms with Crippen molar-refractivity contribution >= 4 is 27.3 Å². The van der Waals surface area contributed by atoms with Crippen LogP contribution in [0.5, 0.6) is 0 Å². The zero-order valence-corrected chi connectivity index (χ0v) is 11.9. The summed E-state index contributed by atoms with van der Waals surface area (Å²) in [6.45, 7) is 0. The molecule has 0 atom stereocenters. The highest BCUT2D eigenvalue weighted by molar-refractivity contribution is 7.89. The Labute approximate surface area is 115 Å². The Morgan fingerprint density at radius 3 is 2.58 bits per heavy atom. The standard InChI is InChI=1S/C10H12ClN5O2S/c1-15(2)19(17,18)9-3-8(12)5-13-10(9)16-6-7(11)4-14-16/h3-6H,12H2,1-2H3. The van der Waals surface area contributed by atoms with Crippen LogP contribution in [-0.2, 0) is 10.0 Å². The van der Waals surface area contributed by atoms with Crippen LogP contribution in [0.2, 0.25) is 5.02 Å². The SMILES string of the molecule is CN(C)S(=O)(=O)c1cc(N)cnc1-n1cc(Cl)cn1. The number of aromatic nitrogens is 3. The van der Waals surface area contributed by atoms with E-state index in [-0.39, 0.29) is 16.4 Å². The maximum atomic E-state index is 12.2. The molecule has 0 bridgehead atoms. The molecule has 102 valence electrons. The highest BCUT2D eigenvalue weighted by atomic mass is 35.5. The minimum Gasteiger partial charge on any atom is -0.397 e. The maximum Gasteiger partial charge on any atom is 0.246 e. The quantitative estimate of drug-likeness (QED) is 0.903. The number of hydrogen-bond donors (Lipinski definition) is 1. The average Bonchev–Trinajstić information content (AvgIpc) is 2.75. The van der Waals surface area contributed by atoms with Crippen LogP contribution in [-0.4, -0.2) is 41.6 Å². The maximum absolute atomic E-state index is 12.2. The van der Waals surface area contributed by atoms with Gasteiger partial charge in [-0.25, -0.2) is 22.4 Å². The molecule has 2 heterocycles. The number of hydrogen-bond acceptors (Lipinski definition) is 5. The number of sulfonamides is 1. The highest BCUT2D eigenvalue weighted by Gasteiger charge is 2.24. The van der Waals surface area contributed by atoms with Gasteiger partial charge in [-0.05, 0) is 6.07 Å². The predicted octanol–water partition coefficient (Wildman–Crippen LogP) is 0.753. The van der Waals surface area contributed by atoms with Crippen molar-refractivity contribution in [2.24, 2.45) is 0 Å². The van der Waals surface area contributed by atoms with Gasteiger partial charge in [0.2, 0.25) is 10.0 Å². The fourth-order valence-corrected chi connectivity index (χ4v) is 2.62. The molecule has 7 nitrogen and oxygen atoms in total. The molecule has 0 aliphatic rings. The third-order valence-electron chi connectivity index (χ3n) is 2.38. The molecular weight excluding hydrogens is 290 g/mol. The van der Waals surface area contributed by atoms with Crippen molar-refractivity contribution in [3.8, 4) is 5.82 Å². The minimum absolute atomic E-state index is 0.0303. The molecule has 0 aliphatic heterocycles. The molecule has 19 heavy (non-hydrogen) atoms. The number of nitrogens with zero attached hydrogens (tertiary/aromatic N) is 4. The van der Waals surface area contributed by atoms with Crippen molar-refractivity contribution in [2.45, 2.75) is 4.90 Å². The number of nitrogens with two attached hydrogens (primary N) is 1. The van der Waals surface area contributed by atoms with E-state index in [1.807, 2.05) is 0 Å². The summed E-state index contributed by atoms with van der Waals surface area (Å²) in [6, 6.07) is 1.34. The third-order valence-corrected chi connectivity index (χ3v) is 4.39. The lowest BCUT2D eigenvalue weighted by molar-refractivity contribution is 0.519. The zero-order chi connectivity index (χ0) is 14.2. The Hall–Kier alpha value is -1.64. The Balaban J connectivity index is 2.70. The first-order valence-corrected chi connectivity index (χ1v) is 7.03. The summed E-state index contributed by atoms with van der Waals surface area (Å²) in [5.41, 5.74) is 5.86. The largest absolute Gasteiger partial charge is 0.397 e. The van der Waals surface area contributed by atoms with Gasteiger partial charge < -0.3 is 5.73 Å². The molecule has 9 heteroatoms. The number of anilines is 1. The van der Waals surface area contributed by atoms with Gasteiger partial charge in [0, 0.05) is 14.1 Å². The van der Waals surface area contributed by atoms with Gasteiger partial charge in [-0.3, -0.25) is 0 Å². The van der Waals surface area contributed by atoms with E-state index in [1.54, 1.807) is 0 Å². The molecule has 0 saturated heterocycles. The summed E-state index contributed by atoms with van der Waals surface area (Å²) >= 11 is 5.78. The van der Waals surface area contributed by atoms with E-state index in [0.717, 1.165) is 4.31 Å². The smallest absolute Gasteiger partial charge is 0.246 e. The van der Waals surface area contributed by atoms with Gasteiger partial charge in [-0.2, -0.15) is 5.10 Å². The first kappa shape index (κ1) is 13.8. The molecule has 0 saturated carbocycles. The minimum atomic E-state index is -3.68. The molecule has 0 radical (unpaired) electrons. The van der Waals surface area contributed by atoms with Crippen molar-refractivity contribution in [3.05, 3.63) is 29.7 Å². The number of halogens is 1. The summed E-state index contributed by atoms with van der Waals surface area (Å²) in [5, 5.41) is 4.33. The normalized spacial score (nSPS) is 12.0. The van der Waals surface area contributed by atoms with Gasteiger partial charge in [0.05, 0.1) is 29.3 Å². The fraction of sp³-hybridized carbons (Fsp3) is 0.200. The van der Waals surface area contributed by atoms with Crippen LogP contribution in [0.15, 0.2) is 29.6 Å². The van der Waals surface area contributed by atoms with Gasteiger partial charge >= 0.3 is 0 Å². The molecule has 0 amide bonds. The van der Waals surface area contributed by atoms with Gasteiger partial charge in [-0.15, -0.1) is 0 Å². The van der Waals surface area contributed by atoms with E-state index in [0.29, 0.717) is 5.02 Å². The van der Waals surface area contributed by atoms with Crippen LogP contribution < -0.4 is 5.73 Å². The first-order valence-electron chi connectivity index (χ1n) is 5.21. The van der Waals surface area contributed by atoms with Gasteiger partial charge in [0.1, 0.15) is 4.90 Å². The molecule has 0 unspecified atom stereocenters. The van der Waals surface area contributed by atoms with Gasteiger partial charge in [0.15, 0.2) is 5.82 Å². The number of pyridine rings is 1. The van der Waals surface area contributed by atoms with Crippen molar-refractivity contribution in [1.29, 1.82) is 0 Å². The van der Waals surface area contributed by atoms with E-state index in [2.05, 4.69) is 10.1 Å². The van der Waals surface area contributed by atoms with Crippen LogP contribution in [0.4, 0.5) is 5.69 Å². The van der Waals surface area contributed by atoms with E-state index in [1.165, 1.54) is 43.4 Å². The van der Waals surface area contributed by atoms with Crippen LogP contribution in [0, 0.1) is 0 Å². The van der Waals surface area contributed by atoms with Crippen molar-refractivity contribution < 1.29 is 8.42 Å². The lowest BCUT2D eigenvalue weighted by Crippen LogP contribution is -2.24. The monoisotopic (exact) mass is 301 g/mol. The van der Waals surface area contributed by atoms with Crippen molar-refractivity contribution in [1.82, 2.24) is 19.1 Å². The lowest BCUT2D eigenvalue weighted by atomic mass is 10.4. The van der Waals surface area contributed by atoms with Crippen LogP contribution in [0.25, 0.3) is 5.82 Å². The molecule has 0 spiro atoms. The fourth-order valence-electron chi connectivity index (χ4n) is 1.43. The second kappa shape index (κ2) is 4.80. The molecule has 0 aromatic carbocycles. The molecule has 2 aromatic rings. The Kier molecular flexibility index (Phi) is 3.48. The molecule has 0 fully saturated rings. The number of rotatable bonds is 3. The third kappa shape index (κ3) is 2.55. The molecule has 2 aromatic heterocycles. The average molecular weight is 302 g/mol. The van der Waals surface area contributed by atoms with Crippen molar-refractivity contribution in [2.75, 3.05) is 19.8 Å². The highest BCUT2D eigenvalue weighted by Crippen LogP contribution is 2.23. The van der Waals surface area contributed by atoms with E-state index in [9.17, 15) is 8.42 Å². The molecular formula is C10H12ClN5O2S. The molecule has 2 rings (SSSR count). The van der Waals surface area contributed by atoms with Crippen molar-refractivity contribution in [3.63, 3.8) is 0 Å². The molecule has 0 aliphatic carbocycles. The topological polar surface area (TPSA) is 94.1 Å². The van der Waals surface area contributed by atoms with Crippen LogP contribution in [0.1, 0.15) is 0 Å². The van der Waals surface area contributed by atoms with Crippen LogP contribution in [0.3, 0.4) is 0 Å². The second-order valence-corrected chi connectivity index (χ2v) is 6.54. The van der Waals surface area contributed by atoms with Crippen LogP contribution >= 0.6 is 11.6 Å². The lowest BCUT2D eigenvalue weighted by Gasteiger charge is -2.14. The second-order valence-electron chi connectivity index (χ2n) is 3.98. The Bertz CT molecular complexity index is 710. The van der Waals surface area contributed by atoms with E-state index < -0.39 is 10.0 Å². The van der Waals surface area contributed by atoms with Gasteiger partial charge in [0.25, 0.3) is 0 Å². The predicted molar refractivity (Wildman–Crippen MR) is 71.7 cm³/mol. The first-order chi connectivity index (χ1) is 8.82. The Morgan fingerprint density at radius 1 is 1.37 bits per heavy atom. The zero-order valence-electron chi connectivity index (χ0n) is 10.3. The number of nitrogen functional groups attached to an aromatic ring is 1. The summed E-state index contributed by atoms with van der Waals surface area (Å²) in [5.74, 6) is 0.148. The van der Waals surface area contributed by atoms with E-state index in [4.69, 9.17) is 17.3 Å².